The van der Waals surface area contributed by atoms with E-state index < -0.39 is 17.6 Å². The van der Waals surface area contributed by atoms with Crippen LogP contribution in [0.1, 0.15) is 23.1 Å². The van der Waals surface area contributed by atoms with Gasteiger partial charge in [-0.2, -0.15) is 13.2 Å². The summed E-state index contributed by atoms with van der Waals surface area (Å²) < 4.78 is 51.2. The van der Waals surface area contributed by atoms with Crippen LogP contribution in [0.15, 0.2) is 10.5 Å². The Kier molecular flexibility index (Phi) is 2.53. The third-order valence-corrected chi connectivity index (χ3v) is 3.29. The second-order valence-corrected chi connectivity index (χ2v) is 4.38. The first-order valence-corrected chi connectivity index (χ1v) is 5.27. The number of halogens is 5. The van der Waals surface area contributed by atoms with Gasteiger partial charge in [0.1, 0.15) is 5.82 Å². The summed E-state index contributed by atoms with van der Waals surface area (Å²) in [5, 5.41) is 0. The van der Waals surface area contributed by atoms with E-state index in [9.17, 15) is 17.6 Å². The van der Waals surface area contributed by atoms with Crippen molar-refractivity contribution in [2.45, 2.75) is 25.4 Å². The van der Waals surface area contributed by atoms with Gasteiger partial charge in [0, 0.05) is 4.47 Å². The molecule has 0 nitrogen and oxygen atoms in total. The molecular weight excluding hydrogens is 276 g/mol. The number of rotatable bonds is 0. The second-order valence-electron chi connectivity index (χ2n) is 3.53. The molecular formula is C10H7BrF4. The molecule has 0 fully saturated rings. The van der Waals surface area contributed by atoms with Crippen LogP contribution in [-0.2, 0) is 19.0 Å². The molecule has 0 unspecified atom stereocenters. The maximum absolute atomic E-state index is 13.5. The van der Waals surface area contributed by atoms with E-state index in [0.717, 1.165) is 6.07 Å². The van der Waals surface area contributed by atoms with Gasteiger partial charge < -0.3 is 0 Å². The zero-order valence-corrected chi connectivity index (χ0v) is 9.17. The van der Waals surface area contributed by atoms with Gasteiger partial charge in [-0.05, 0) is 36.5 Å². The van der Waals surface area contributed by atoms with E-state index in [2.05, 4.69) is 15.9 Å². The highest BCUT2D eigenvalue weighted by Gasteiger charge is 2.37. The minimum Gasteiger partial charge on any atom is -0.206 e. The lowest BCUT2D eigenvalue weighted by Gasteiger charge is -2.12. The lowest BCUT2D eigenvalue weighted by atomic mass is 10.0. The first kappa shape index (κ1) is 10.9. The smallest absolute Gasteiger partial charge is 0.206 e. The lowest BCUT2D eigenvalue weighted by molar-refractivity contribution is -0.140. The van der Waals surface area contributed by atoms with Crippen LogP contribution in [0.4, 0.5) is 17.6 Å². The monoisotopic (exact) mass is 282 g/mol. The quantitative estimate of drug-likeness (QED) is 0.629. The second kappa shape index (κ2) is 3.47. The topological polar surface area (TPSA) is 0 Å². The van der Waals surface area contributed by atoms with Crippen LogP contribution in [0.3, 0.4) is 0 Å². The van der Waals surface area contributed by atoms with Crippen LogP contribution >= 0.6 is 15.9 Å². The van der Waals surface area contributed by atoms with Crippen LogP contribution in [-0.4, -0.2) is 0 Å². The molecule has 15 heavy (non-hydrogen) atoms. The van der Waals surface area contributed by atoms with Gasteiger partial charge in [0.15, 0.2) is 0 Å². The first-order chi connectivity index (χ1) is 6.91. The molecule has 1 aromatic rings. The van der Waals surface area contributed by atoms with Gasteiger partial charge in [-0.3, -0.25) is 0 Å². The van der Waals surface area contributed by atoms with Gasteiger partial charge in [-0.25, -0.2) is 4.39 Å². The predicted molar refractivity (Wildman–Crippen MR) is 51.1 cm³/mol. The lowest BCUT2D eigenvalue weighted by Crippen LogP contribution is -2.10. The molecule has 0 saturated carbocycles. The van der Waals surface area contributed by atoms with Crippen molar-refractivity contribution in [2.75, 3.05) is 0 Å². The summed E-state index contributed by atoms with van der Waals surface area (Å²) in [5.74, 6) is -1.10. The molecule has 82 valence electrons. The van der Waals surface area contributed by atoms with Gasteiger partial charge in [0.05, 0.1) is 5.56 Å². The van der Waals surface area contributed by atoms with Crippen molar-refractivity contribution in [3.05, 3.63) is 33.0 Å². The van der Waals surface area contributed by atoms with Crippen LogP contribution in [0.2, 0.25) is 0 Å². The van der Waals surface area contributed by atoms with Gasteiger partial charge in [-0.1, -0.05) is 15.9 Å². The average molecular weight is 283 g/mol. The number of alkyl halides is 3. The largest absolute Gasteiger partial charge is 0.419 e. The molecule has 1 aliphatic rings. The highest BCUT2D eigenvalue weighted by atomic mass is 79.9. The predicted octanol–water partition coefficient (Wildman–Crippen LogP) is 4.10. The van der Waals surface area contributed by atoms with Crippen LogP contribution < -0.4 is 0 Å². The fourth-order valence-electron chi connectivity index (χ4n) is 1.90. The summed E-state index contributed by atoms with van der Waals surface area (Å²) in [6.45, 7) is 0. The average Bonchev–Trinajstić information content (AvgIpc) is 2.58. The molecule has 5 heteroatoms. The SMILES string of the molecule is Fc1c(C(F)(F)F)cc(Br)c2c1CCC2. The molecule has 0 aromatic heterocycles. The Balaban J connectivity index is 2.65. The minimum absolute atomic E-state index is 0.219. The van der Waals surface area contributed by atoms with Gasteiger partial charge in [0.25, 0.3) is 0 Å². The Morgan fingerprint density at radius 1 is 1.13 bits per heavy atom. The normalized spacial score (nSPS) is 15.5. The molecule has 0 heterocycles. The Morgan fingerprint density at radius 3 is 2.33 bits per heavy atom. The van der Waals surface area contributed by atoms with Crippen molar-refractivity contribution in [1.29, 1.82) is 0 Å². The molecule has 0 bridgehead atoms. The Bertz CT molecular complexity index is 409. The summed E-state index contributed by atoms with van der Waals surface area (Å²) >= 11 is 3.06. The molecule has 0 saturated heterocycles. The Labute approximate surface area is 92.4 Å². The molecule has 2 rings (SSSR count). The van der Waals surface area contributed by atoms with Crippen LogP contribution in [0.5, 0.6) is 0 Å². The van der Waals surface area contributed by atoms with Gasteiger partial charge in [0.2, 0.25) is 0 Å². The molecule has 0 atom stereocenters. The molecule has 0 N–H and O–H groups in total. The van der Waals surface area contributed by atoms with Gasteiger partial charge in [-0.15, -0.1) is 0 Å². The zero-order valence-electron chi connectivity index (χ0n) is 7.59. The third kappa shape index (κ3) is 1.77. The maximum atomic E-state index is 13.5. The summed E-state index contributed by atoms with van der Waals surface area (Å²) in [6.07, 6.45) is -2.87. The van der Waals surface area contributed by atoms with Gasteiger partial charge >= 0.3 is 6.18 Å². The minimum atomic E-state index is -4.62. The van der Waals surface area contributed by atoms with Crippen molar-refractivity contribution >= 4 is 15.9 Å². The number of hydrogen-bond donors (Lipinski definition) is 0. The summed E-state index contributed by atoms with van der Waals surface area (Å²) in [6, 6.07) is 0.833. The third-order valence-electron chi connectivity index (χ3n) is 2.58. The fraction of sp³-hybridized carbons (Fsp3) is 0.400. The number of hydrogen-bond acceptors (Lipinski definition) is 0. The Morgan fingerprint density at radius 2 is 1.73 bits per heavy atom. The van der Waals surface area contributed by atoms with E-state index >= 15 is 0 Å². The van der Waals surface area contributed by atoms with Crippen molar-refractivity contribution in [3.63, 3.8) is 0 Å². The van der Waals surface area contributed by atoms with E-state index in [0.29, 0.717) is 29.3 Å². The van der Waals surface area contributed by atoms with Crippen molar-refractivity contribution in [1.82, 2.24) is 0 Å². The highest BCUT2D eigenvalue weighted by molar-refractivity contribution is 9.10. The summed E-state index contributed by atoms with van der Waals surface area (Å²) in [4.78, 5) is 0. The van der Waals surface area contributed by atoms with Crippen molar-refractivity contribution in [2.24, 2.45) is 0 Å². The highest BCUT2D eigenvalue weighted by Crippen LogP contribution is 2.39. The van der Waals surface area contributed by atoms with E-state index in [4.69, 9.17) is 0 Å². The number of fused-ring (bicyclic) bond motifs is 1. The molecule has 0 spiro atoms. The van der Waals surface area contributed by atoms with E-state index in [1.54, 1.807) is 0 Å². The molecule has 0 amide bonds. The Hall–Kier alpha value is -0.580. The summed E-state index contributed by atoms with van der Waals surface area (Å²) in [5.41, 5.74) is -0.271. The van der Waals surface area contributed by atoms with E-state index in [1.165, 1.54) is 0 Å². The van der Waals surface area contributed by atoms with E-state index in [-0.39, 0.29) is 5.56 Å². The van der Waals surface area contributed by atoms with Crippen LogP contribution in [0.25, 0.3) is 0 Å². The molecule has 1 aliphatic carbocycles. The number of benzene rings is 1. The first-order valence-electron chi connectivity index (χ1n) is 4.48. The maximum Gasteiger partial charge on any atom is 0.419 e. The molecule has 0 aliphatic heterocycles. The summed E-state index contributed by atoms with van der Waals surface area (Å²) in [7, 11) is 0. The van der Waals surface area contributed by atoms with E-state index in [1.807, 2.05) is 0 Å². The molecule has 0 radical (unpaired) electrons. The van der Waals surface area contributed by atoms with Crippen molar-refractivity contribution in [3.8, 4) is 0 Å². The fourth-order valence-corrected chi connectivity index (χ4v) is 2.56. The molecule has 1 aromatic carbocycles. The van der Waals surface area contributed by atoms with Crippen molar-refractivity contribution < 1.29 is 17.6 Å². The van der Waals surface area contributed by atoms with Crippen LogP contribution in [0, 0.1) is 5.82 Å². The standard InChI is InChI=1S/C10H7BrF4/c11-8-4-7(10(13,14)15)9(12)6-3-1-2-5(6)8/h4H,1-3H2. The zero-order chi connectivity index (χ0) is 11.2.